The van der Waals surface area contributed by atoms with Gasteiger partial charge in [-0.15, -0.1) is 0 Å². The minimum absolute atomic E-state index is 0.0134. The van der Waals surface area contributed by atoms with Gasteiger partial charge in [-0.3, -0.25) is 4.79 Å². The largest absolute Gasteiger partial charge is 0.378 e. The summed E-state index contributed by atoms with van der Waals surface area (Å²) in [5.74, 6) is 0.992. The average Bonchev–Trinajstić information content (AvgIpc) is 2.90. The summed E-state index contributed by atoms with van der Waals surface area (Å²) in [6.45, 7) is 12.3. The highest BCUT2D eigenvalue weighted by Crippen LogP contribution is 2.35. The van der Waals surface area contributed by atoms with E-state index in [-0.39, 0.29) is 23.3 Å². The molecule has 0 aliphatic heterocycles. The van der Waals surface area contributed by atoms with Gasteiger partial charge in [0, 0.05) is 12.0 Å². The zero-order valence-corrected chi connectivity index (χ0v) is 13.7. The van der Waals surface area contributed by atoms with Crippen molar-refractivity contribution in [3.63, 3.8) is 0 Å². The summed E-state index contributed by atoms with van der Waals surface area (Å²) >= 11 is 0. The van der Waals surface area contributed by atoms with Gasteiger partial charge < -0.3 is 14.6 Å². The van der Waals surface area contributed by atoms with Gasteiger partial charge in [-0.25, -0.2) is 0 Å². The molecule has 2 atom stereocenters. The molecule has 1 amide bonds. The van der Waals surface area contributed by atoms with Crippen molar-refractivity contribution in [2.45, 2.75) is 65.0 Å². The van der Waals surface area contributed by atoms with Gasteiger partial charge in [0.25, 0.3) is 0 Å². The lowest BCUT2D eigenvalue weighted by Crippen LogP contribution is -2.43. The Labute approximate surface area is 125 Å². The van der Waals surface area contributed by atoms with Crippen molar-refractivity contribution >= 4 is 5.91 Å². The molecular weight excluding hydrogens is 270 g/mol. The van der Waals surface area contributed by atoms with E-state index in [1.165, 1.54) is 0 Å². The van der Waals surface area contributed by atoms with E-state index in [1.807, 2.05) is 41.5 Å². The minimum atomic E-state index is -0.663. The molecule has 1 N–H and O–H groups in total. The van der Waals surface area contributed by atoms with Crippen LogP contribution in [-0.4, -0.2) is 28.8 Å². The first-order valence-electron chi connectivity index (χ1n) is 7.43. The minimum Gasteiger partial charge on any atom is -0.378 e. The molecule has 1 heterocycles. The summed E-state index contributed by atoms with van der Waals surface area (Å²) in [5.41, 5.74) is -0.870. The number of hydrogen-bond acceptors (Lipinski definition) is 5. The Hall–Kier alpha value is -1.43. The number of aromatic nitrogens is 2. The van der Waals surface area contributed by atoms with Crippen molar-refractivity contribution in [3.8, 4) is 0 Å². The van der Waals surface area contributed by atoms with Crippen LogP contribution in [0.3, 0.4) is 0 Å². The van der Waals surface area contributed by atoms with Crippen LogP contribution in [0, 0.1) is 5.92 Å². The number of carbonyl (C=O) groups excluding carboxylic acids is 1. The fourth-order valence-electron chi connectivity index (χ4n) is 2.08. The first-order chi connectivity index (χ1) is 9.65. The summed E-state index contributed by atoms with van der Waals surface area (Å²) in [7, 11) is 0. The molecule has 0 saturated heterocycles. The van der Waals surface area contributed by atoms with Crippen LogP contribution in [0.2, 0.25) is 0 Å². The monoisotopic (exact) mass is 295 g/mol. The third-order valence-electron chi connectivity index (χ3n) is 3.51. The van der Waals surface area contributed by atoms with Crippen molar-refractivity contribution < 1.29 is 14.1 Å². The highest BCUT2D eigenvalue weighted by Gasteiger charge is 2.46. The summed E-state index contributed by atoms with van der Waals surface area (Å²) in [4.78, 5) is 16.6. The molecule has 6 nitrogen and oxygen atoms in total. The third-order valence-corrected chi connectivity index (χ3v) is 3.51. The summed E-state index contributed by atoms with van der Waals surface area (Å²) in [6.07, 6.45) is 0.844. The van der Waals surface area contributed by atoms with Gasteiger partial charge in [-0.1, -0.05) is 25.9 Å². The number of nitrogens with one attached hydrogen (secondary N) is 1. The zero-order valence-electron chi connectivity index (χ0n) is 13.7. The maximum Gasteiger partial charge on any atom is 0.232 e. The van der Waals surface area contributed by atoms with E-state index >= 15 is 0 Å². The van der Waals surface area contributed by atoms with Gasteiger partial charge >= 0.3 is 0 Å². The molecule has 1 aromatic heterocycles. The van der Waals surface area contributed by atoms with Crippen LogP contribution in [0.5, 0.6) is 0 Å². The Morgan fingerprint density at radius 2 is 2.05 bits per heavy atom. The standard InChI is InChI=1S/C15H25N3O3/c1-7-20-10-8-9(10)11(19)17-15(5,6)12-16-13(21-18-12)14(2,3)4/h9-10H,7-8H2,1-6H3,(H,17,19)/t9-,10-/m0/s1. The second-order valence-electron chi connectivity index (χ2n) is 7.12. The van der Waals surface area contributed by atoms with Crippen molar-refractivity contribution in [2.24, 2.45) is 5.92 Å². The number of nitrogens with zero attached hydrogens (tertiary/aromatic N) is 2. The maximum atomic E-state index is 12.2. The van der Waals surface area contributed by atoms with E-state index < -0.39 is 5.54 Å². The predicted octanol–water partition coefficient (Wildman–Crippen LogP) is 2.14. The molecule has 1 aliphatic rings. The van der Waals surface area contributed by atoms with E-state index in [1.54, 1.807) is 0 Å². The average molecular weight is 295 g/mol. The lowest BCUT2D eigenvalue weighted by Gasteiger charge is -2.22. The van der Waals surface area contributed by atoms with Crippen LogP contribution in [-0.2, 0) is 20.5 Å². The highest BCUT2D eigenvalue weighted by atomic mass is 16.5. The molecular formula is C15H25N3O3. The van der Waals surface area contributed by atoms with Crippen molar-refractivity contribution in [2.75, 3.05) is 6.61 Å². The van der Waals surface area contributed by atoms with Gasteiger partial charge in [0.15, 0.2) is 5.82 Å². The molecule has 0 radical (unpaired) electrons. The zero-order chi connectivity index (χ0) is 15.8. The smallest absolute Gasteiger partial charge is 0.232 e. The molecule has 1 aliphatic carbocycles. The van der Waals surface area contributed by atoms with Crippen molar-refractivity contribution in [1.82, 2.24) is 15.5 Å². The van der Waals surface area contributed by atoms with Gasteiger partial charge in [-0.2, -0.15) is 4.98 Å². The third kappa shape index (κ3) is 3.61. The second-order valence-corrected chi connectivity index (χ2v) is 7.12. The highest BCUT2D eigenvalue weighted by molar-refractivity contribution is 5.82. The molecule has 0 aromatic carbocycles. The SMILES string of the molecule is CCO[C@H]1C[C@@H]1C(=O)NC(C)(C)c1noc(C(C)(C)C)n1. The van der Waals surface area contributed by atoms with Gasteiger partial charge in [0.1, 0.15) is 0 Å². The number of ether oxygens (including phenoxy) is 1. The van der Waals surface area contributed by atoms with E-state index in [0.29, 0.717) is 18.3 Å². The molecule has 0 unspecified atom stereocenters. The summed E-state index contributed by atoms with van der Waals surface area (Å²) in [5, 5.41) is 6.99. The van der Waals surface area contributed by atoms with E-state index in [0.717, 1.165) is 6.42 Å². The molecule has 1 fully saturated rings. The number of amides is 1. The lowest BCUT2D eigenvalue weighted by atomic mass is 9.97. The van der Waals surface area contributed by atoms with Gasteiger partial charge in [-0.05, 0) is 27.2 Å². The molecule has 1 aromatic rings. The Morgan fingerprint density at radius 3 is 2.57 bits per heavy atom. The van der Waals surface area contributed by atoms with Crippen LogP contribution >= 0.6 is 0 Å². The van der Waals surface area contributed by atoms with Crippen LogP contribution in [0.4, 0.5) is 0 Å². The molecule has 0 bridgehead atoms. The number of rotatable bonds is 5. The summed E-state index contributed by atoms with van der Waals surface area (Å²) < 4.78 is 10.7. The molecule has 118 valence electrons. The van der Waals surface area contributed by atoms with Crippen LogP contribution in [0.1, 0.15) is 59.7 Å². The molecule has 1 saturated carbocycles. The Kier molecular flexibility index (Phi) is 4.10. The quantitative estimate of drug-likeness (QED) is 0.900. The number of carbonyl (C=O) groups is 1. The molecule has 0 spiro atoms. The Morgan fingerprint density at radius 1 is 1.38 bits per heavy atom. The first kappa shape index (κ1) is 15.9. The number of hydrogen-bond donors (Lipinski definition) is 1. The molecule has 21 heavy (non-hydrogen) atoms. The topological polar surface area (TPSA) is 77.2 Å². The van der Waals surface area contributed by atoms with Crippen LogP contribution in [0.15, 0.2) is 4.52 Å². The fraction of sp³-hybridized carbons (Fsp3) is 0.800. The van der Waals surface area contributed by atoms with Crippen LogP contribution < -0.4 is 5.32 Å². The van der Waals surface area contributed by atoms with E-state index in [9.17, 15) is 4.79 Å². The molecule has 6 heteroatoms. The first-order valence-corrected chi connectivity index (χ1v) is 7.43. The van der Waals surface area contributed by atoms with Crippen molar-refractivity contribution in [3.05, 3.63) is 11.7 Å². The van der Waals surface area contributed by atoms with E-state index in [4.69, 9.17) is 9.26 Å². The lowest BCUT2D eigenvalue weighted by molar-refractivity contribution is -0.125. The Balaban J connectivity index is 2.02. The van der Waals surface area contributed by atoms with Crippen molar-refractivity contribution in [1.29, 1.82) is 0 Å². The van der Waals surface area contributed by atoms with E-state index in [2.05, 4.69) is 15.5 Å². The maximum absolute atomic E-state index is 12.2. The predicted molar refractivity (Wildman–Crippen MR) is 77.7 cm³/mol. The second kappa shape index (κ2) is 5.40. The normalized spacial score (nSPS) is 22.2. The van der Waals surface area contributed by atoms with Gasteiger partial charge in [0.2, 0.25) is 11.8 Å². The molecule has 2 rings (SSSR count). The van der Waals surface area contributed by atoms with Crippen LogP contribution in [0.25, 0.3) is 0 Å². The fourth-order valence-corrected chi connectivity index (χ4v) is 2.08. The van der Waals surface area contributed by atoms with Gasteiger partial charge in [0.05, 0.1) is 17.6 Å². The Bertz CT molecular complexity index is 516. The summed E-state index contributed by atoms with van der Waals surface area (Å²) in [6, 6.07) is 0.